The van der Waals surface area contributed by atoms with Crippen LogP contribution < -0.4 is 5.32 Å². The van der Waals surface area contributed by atoms with Gasteiger partial charge in [0.05, 0.1) is 19.5 Å². The van der Waals surface area contributed by atoms with E-state index in [1.54, 1.807) is 0 Å². The average Bonchev–Trinajstić information content (AvgIpc) is 2.41. The number of sulfonamides is 1. The summed E-state index contributed by atoms with van der Waals surface area (Å²) in [6.07, 6.45) is 3.04. The van der Waals surface area contributed by atoms with Gasteiger partial charge in [0.1, 0.15) is 0 Å². The molecule has 118 valence electrons. The minimum absolute atomic E-state index is 0.00523. The summed E-state index contributed by atoms with van der Waals surface area (Å²) in [5, 5.41) is 11.4. The highest BCUT2D eigenvalue weighted by atomic mass is 32.2. The van der Waals surface area contributed by atoms with Gasteiger partial charge < -0.3 is 15.2 Å². The maximum absolute atomic E-state index is 11.9. The number of piperidine rings is 1. The molecule has 0 unspecified atom stereocenters. The molecule has 0 aliphatic carbocycles. The molecule has 1 fully saturated rings. The molecule has 7 nitrogen and oxygen atoms in total. The Kier molecular flexibility index (Phi) is 7.42. The highest BCUT2D eigenvalue weighted by molar-refractivity contribution is 7.88. The van der Waals surface area contributed by atoms with Crippen molar-refractivity contribution in [3.8, 4) is 0 Å². The van der Waals surface area contributed by atoms with E-state index in [2.05, 4.69) is 5.32 Å². The average molecular weight is 308 g/mol. The van der Waals surface area contributed by atoms with Gasteiger partial charge in [0.2, 0.25) is 15.9 Å². The lowest BCUT2D eigenvalue weighted by atomic mass is 9.97. The third-order valence-corrected chi connectivity index (χ3v) is 4.60. The van der Waals surface area contributed by atoms with E-state index in [1.807, 2.05) is 0 Å². The SMILES string of the molecule is CS(=O)(=O)N1CCC(C(=O)NCCCOCCO)CC1. The fourth-order valence-corrected chi connectivity index (χ4v) is 3.02. The molecule has 0 atom stereocenters. The molecule has 0 aromatic rings. The molecular weight excluding hydrogens is 284 g/mol. The third kappa shape index (κ3) is 6.17. The minimum atomic E-state index is -3.14. The van der Waals surface area contributed by atoms with Crippen molar-refractivity contribution < 1.29 is 23.1 Å². The quantitative estimate of drug-likeness (QED) is 0.571. The number of nitrogens with zero attached hydrogens (tertiary/aromatic N) is 1. The van der Waals surface area contributed by atoms with Crippen LogP contribution in [0.25, 0.3) is 0 Å². The lowest BCUT2D eigenvalue weighted by Gasteiger charge is -2.29. The number of carbonyl (C=O) groups excluding carboxylic acids is 1. The van der Waals surface area contributed by atoms with Gasteiger partial charge in [0, 0.05) is 32.2 Å². The van der Waals surface area contributed by atoms with Crippen molar-refractivity contribution in [3.63, 3.8) is 0 Å². The van der Waals surface area contributed by atoms with Gasteiger partial charge in [0.15, 0.2) is 0 Å². The third-order valence-electron chi connectivity index (χ3n) is 3.29. The van der Waals surface area contributed by atoms with Crippen LogP contribution in [0.5, 0.6) is 0 Å². The van der Waals surface area contributed by atoms with Crippen LogP contribution >= 0.6 is 0 Å². The Labute approximate surface area is 120 Å². The molecule has 1 saturated heterocycles. The second-order valence-corrected chi connectivity index (χ2v) is 6.90. The Morgan fingerprint density at radius 3 is 2.55 bits per heavy atom. The van der Waals surface area contributed by atoms with E-state index in [-0.39, 0.29) is 18.4 Å². The van der Waals surface area contributed by atoms with Crippen LogP contribution in [-0.4, -0.2) is 69.4 Å². The molecular formula is C12H24N2O5S. The summed E-state index contributed by atoms with van der Waals surface area (Å²) in [5.41, 5.74) is 0. The first kappa shape index (κ1) is 17.4. The van der Waals surface area contributed by atoms with E-state index in [4.69, 9.17) is 9.84 Å². The largest absolute Gasteiger partial charge is 0.394 e. The zero-order valence-corrected chi connectivity index (χ0v) is 12.7. The molecule has 1 amide bonds. The van der Waals surface area contributed by atoms with Gasteiger partial charge in [-0.2, -0.15) is 0 Å². The van der Waals surface area contributed by atoms with Gasteiger partial charge in [-0.05, 0) is 19.3 Å². The second-order valence-electron chi connectivity index (χ2n) is 4.92. The molecule has 2 N–H and O–H groups in total. The predicted octanol–water partition coefficient (Wildman–Crippen LogP) is -0.827. The first-order chi connectivity index (χ1) is 9.45. The Bertz CT molecular complexity index is 391. The van der Waals surface area contributed by atoms with Crippen molar-refractivity contribution in [3.05, 3.63) is 0 Å². The number of ether oxygens (including phenoxy) is 1. The number of nitrogens with one attached hydrogen (secondary N) is 1. The smallest absolute Gasteiger partial charge is 0.223 e. The highest BCUT2D eigenvalue weighted by Crippen LogP contribution is 2.19. The Morgan fingerprint density at radius 2 is 2.00 bits per heavy atom. The molecule has 20 heavy (non-hydrogen) atoms. The highest BCUT2D eigenvalue weighted by Gasteiger charge is 2.28. The zero-order valence-electron chi connectivity index (χ0n) is 11.9. The lowest BCUT2D eigenvalue weighted by molar-refractivity contribution is -0.126. The van der Waals surface area contributed by atoms with Crippen molar-refractivity contribution in [2.24, 2.45) is 5.92 Å². The predicted molar refractivity (Wildman–Crippen MR) is 74.7 cm³/mol. The molecule has 0 aromatic carbocycles. The number of rotatable bonds is 8. The van der Waals surface area contributed by atoms with Crippen LogP contribution in [0.4, 0.5) is 0 Å². The molecule has 1 aliphatic rings. The first-order valence-electron chi connectivity index (χ1n) is 6.86. The number of aliphatic hydroxyl groups is 1. The maximum Gasteiger partial charge on any atom is 0.223 e. The molecule has 8 heteroatoms. The van der Waals surface area contributed by atoms with Crippen molar-refractivity contribution in [1.82, 2.24) is 9.62 Å². The van der Waals surface area contributed by atoms with Gasteiger partial charge in [-0.15, -0.1) is 0 Å². The van der Waals surface area contributed by atoms with E-state index < -0.39 is 10.0 Å². The molecule has 0 radical (unpaired) electrons. The summed E-state index contributed by atoms with van der Waals surface area (Å²) in [7, 11) is -3.14. The molecule has 0 aromatic heterocycles. The standard InChI is InChI=1S/C12H24N2O5S/c1-20(17,18)14-6-3-11(4-7-14)12(16)13-5-2-9-19-10-8-15/h11,15H,2-10H2,1H3,(H,13,16). The summed E-state index contributed by atoms with van der Waals surface area (Å²) >= 11 is 0. The van der Waals surface area contributed by atoms with E-state index >= 15 is 0 Å². The summed E-state index contributed by atoms with van der Waals surface area (Å²) in [4.78, 5) is 11.9. The van der Waals surface area contributed by atoms with Crippen molar-refractivity contribution >= 4 is 15.9 Å². The molecule has 1 rings (SSSR count). The summed E-state index contributed by atoms with van der Waals surface area (Å²) < 4.78 is 29.2. The van der Waals surface area contributed by atoms with E-state index in [9.17, 15) is 13.2 Å². The fraction of sp³-hybridized carbons (Fsp3) is 0.917. The Hall–Kier alpha value is -0.700. The van der Waals surface area contributed by atoms with Gasteiger partial charge in [0.25, 0.3) is 0 Å². The molecule has 1 aliphatic heterocycles. The summed E-state index contributed by atoms with van der Waals surface area (Å²) in [6.45, 7) is 2.19. The van der Waals surface area contributed by atoms with Crippen LogP contribution in [0, 0.1) is 5.92 Å². The number of hydrogen-bond donors (Lipinski definition) is 2. The zero-order chi connectivity index (χ0) is 15.0. The van der Waals surface area contributed by atoms with E-state index in [0.29, 0.717) is 52.1 Å². The van der Waals surface area contributed by atoms with E-state index in [0.717, 1.165) is 0 Å². The molecule has 0 spiro atoms. The lowest BCUT2D eigenvalue weighted by Crippen LogP contribution is -2.42. The van der Waals surface area contributed by atoms with Crippen LogP contribution in [-0.2, 0) is 19.6 Å². The van der Waals surface area contributed by atoms with Crippen LogP contribution in [0.2, 0.25) is 0 Å². The summed E-state index contributed by atoms with van der Waals surface area (Å²) in [5.74, 6) is -0.119. The van der Waals surface area contributed by atoms with Crippen molar-refractivity contribution in [2.75, 3.05) is 45.7 Å². The fourth-order valence-electron chi connectivity index (χ4n) is 2.15. The van der Waals surface area contributed by atoms with Gasteiger partial charge >= 0.3 is 0 Å². The number of hydrogen-bond acceptors (Lipinski definition) is 5. The van der Waals surface area contributed by atoms with Crippen LogP contribution in [0.3, 0.4) is 0 Å². The normalized spacial score (nSPS) is 18.1. The number of carbonyl (C=O) groups is 1. The van der Waals surface area contributed by atoms with Crippen LogP contribution in [0.1, 0.15) is 19.3 Å². The Morgan fingerprint density at radius 1 is 1.35 bits per heavy atom. The topological polar surface area (TPSA) is 95.9 Å². The van der Waals surface area contributed by atoms with Crippen LogP contribution in [0.15, 0.2) is 0 Å². The molecule has 0 bridgehead atoms. The monoisotopic (exact) mass is 308 g/mol. The first-order valence-corrected chi connectivity index (χ1v) is 8.71. The Balaban J connectivity index is 2.16. The van der Waals surface area contributed by atoms with Gasteiger partial charge in [-0.3, -0.25) is 4.79 Å². The van der Waals surface area contributed by atoms with Gasteiger partial charge in [-0.25, -0.2) is 12.7 Å². The molecule has 0 saturated carbocycles. The van der Waals surface area contributed by atoms with Gasteiger partial charge in [-0.1, -0.05) is 0 Å². The number of amides is 1. The summed E-state index contributed by atoms with van der Waals surface area (Å²) in [6, 6.07) is 0. The molecule has 1 heterocycles. The number of aliphatic hydroxyl groups excluding tert-OH is 1. The maximum atomic E-state index is 11.9. The van der Waals surface area contributed by atoms with Crippen molar-refractivity contribution in [1.29, 1.82) is 0 Å². The van der Waals surface area contributed by atoms with E-state index in [1.165, 1.54) is 10.6 Å². The van der Waals surface area contributed by atoms with Crippen molar-refractivity contribution in [2.45, 2.75) is 19.3 Å². The minimum Gasteiger partial charge on any atom is -0.394 e. The second kappa shape index (κ2) is 8.56.